The van der Waals surface area contributed by atoms with Crippen LogP contribution in [0.5, 0.6) is 5.75 Å². The maximum atomic E-state index is 12.4. The number of ether oxygens (including phenoxy) is 1. The summed E-state index contributed by atoms with van der Waals surface area (Å²) in [5, 5.41) is 7.07. The minimum atomic E-state index is -0.186. The second kappa shape index (κ2) is 8.02. The molecular formula is C22H20N4O3. The Labute approximate surface area is 168 Å². The van der Waals surface area contributed by atoms with Gasteiger partial charge in [0.2, 0.25) is 5.89 Å². The van der Waals surface area contributed by atoms with Crippen LogP contribution in [0.2, 0.25) is 0 Å². The molecule has 0 unspecified atom stereocenters. The van der Waals surface area contributed by atoms with E-state index in [-0.39, 0.29) is 5.91 Å². The molecule has 1 amide bonds. The lowest BCUT2D eigenvalue weighted by atomic mass is 10.1. The quantitative estimate of drug-likeness (QED) is 0.536. The Hall–Kier alpha value is -3.87. The number of methoxy groups -OCH3 is 1. The number of aryl methyl sites for hydroxylation is 1. The Balaban J connectivity index is 1.45. The molecule has 1 N–H and O–H groups in total. The standard InChI is InChI=1S/C22H20N4O3/c1-15-20(14-26-13-3-12-23-26)25-22(29-15)17-4-8-18(9-5-17)24-21(27)16-6-10-19(28-2)11-7-16/h3-13H,14H2,1-2H3,(H,24,27). The van der Waals surface area contributed by atoms with Gasteiger partial charge < -0.3 is 14.5 Å². The maximum absolute atomic E-state index is 12.4. The number of aromatic nitrogens is 3. The molecule has 29 heavy (non-hydrogen) atoms. The van der Waals surface area contributed by atoms with Gasteiger partial charge in [0.1, 0.15) is 17.2 Å². The monoisotopic (exact) mass is 388 g/mol. The van der Waals surface area contributed by atoms with Crippen molar-refractivity contribution in [1.29, 1.82) is 0 Å². The van der Waals surface area contributed by atoms with Gasteiger partial charge in [0.25, 0.3) is 5.91 Å². The molecule has 4 aromatic rings. The normalized spacial score (nSPS) is 10.7. The summed E-state index contributed by atoms with van der Waals surface area (Å²) >= 11 is 0. The number of hydrogen-bond donors (Lipinski definition) is 1. The summed E-state index contributed by atoms with van der Waals surface area (Å²) in [4.78, 5) is 17.0. The van der Waals surface area contributed by atoms with Crippen molar-refractivity contribution < 1.29 is 13.9 Å². The van der Waals surface area contributed by atoms with Crippen molar-refractivity contribution >= 4 is 11.6 Å². The fourth-order valence-electron chi connectivity index (χ4n) is 2.89. The molecule has 7 nitrogen and oxygen atoms in total. The van der Waals surface area contributed by atoms with Crippen LogP contribution < -0.4 is 10.1 Å². The highest BCUT2D eigenvalue weighted by Gasteiger charge is 2.13. The number of benzene rings is 2. The number of carbonyl (C=O) groups is 1. The Bertz CT molecular complexity index is 1100. The van der Waals surface area contributed by atoms with Crippen molar-refractivity contribution in [2.24, 2.45) is 0 Å². The molecule has 0 spiro atoms. The fraction of sp³-hybridized carbons (Fsp3) is 0.136. The molecule has 7 heteroatoms. The van der Waals surface area contributed by atoms with E-state index in [1.54, 1.807) is 42.3 Å². The lowest BCUT2D eigenvalue weighted by Gasteiger charge is -2.06. The minimum absolute atomic E-state index is 0.186. The number of oxazole rings is 1. The molecule has 0 aliphatic heterocycles. The summed E-state index contributed by atoms with van der Waals surface area (Å²) in [7, 11) is 1.59. The minimum Gasteiger partial charge on any atom is -0.497 e. The molecule has 2 aromatic heterocycles. The highest BCUT2D eigenvalue weighted by molar-refractivity contribution is 6.04. The van der Waals surface area contributed by atoms with Gasteiger partial charge in [-0.25, -0.2) is 4.98 Å². The van der Waals surface area contributed by atoms with Gasteiger partial charge in [0.15, 0.2) is 0 Å². The molecule has 0 saturated carbocycles. The largest absolute Gasteiger partial charge is 0.497 e. The number of carbonyl (C=O) groups excluding carboxylic acids is 1. The molecular weight excluding hydrogens is 368 g/mol. The third kappa shape index (κ3) is 4.19. The first-order chi connectivity index (χ1) is 14.1. The van der Waals surface area contributed by atoms with Gasteiger partial charge in [0.05, 0.1) is 13.7 Å². The topological polar surface area (TPSA) is 82.2 Å². The zero-order valence-electron chi connectivity index (χ0n) is 16.1. The molecule has 0 fully saturated rings. The Morgan fingerprint density at radius 2 is 1.90 bits per heavy atom. The van der Waals surface area contributed by atoms with Crippen LogP contribution in [0.1, 0.15) is 21.8 Å². The van der Waals surface area contributed by atoms with E-state index in [4.69, 9.17) is 9.15 Å². The van der Waals surface area contributed by atoms with Crippen molar-refractivity contribution in [2.45, 2.75) is 13.5 Å². The fourth-order valence-corrected chi connectivity index (χ4v) is 2.89. The van der Waals surface area contributed by atoms with Gasteiger partial charge >= 0.3 is 0 Å². The molecule has 0 saturated heterocycles. The van der Waals surface area contributed by atoms with E-state index in [2.05, 4.69) is 15.4 Å². The zero-order valence-corrected chi connectivity index (χ0v) is 16.1. The molecule has 4 rings (SSSR count). The first-order valence-corrected chi connectivity index (χ1v) is 9.12. The molecule has 0 aliphatic carbocycles. The van der Waals surface area contributed by atoms with Crippen LogP contribution in [0, 0.1) is 6.92 Å². The number of amides is 1. The summed E-state index contributed by atoms with van der Waals surface area (Å²) in [6, 6.07) is 16.2. The first-order valence-electron chi connectivity index (χ1n) is 9.12. The molecule has 0 bridgehead atoms. The average Bonchev–Trinajstić information content (AvgIpc) is 3.39. The van der Waals surface area contributed by atoms with Crippen molar-refractivity contribution in [2.75, 3.05) is 12.4 Å². The van der Waals surface area contributed by atoms with Crippen LogP contribution in [0.25, 0.3) is 11.5 Å². The smallest absolute Gasteiger partial charge is 0.255 e. The third-order valence-corrected chi connectivity index (χ3v) is 4.51. The van der Waals surface area contributed by atoms with Crippen LogP contribution in [0.3, 0.4) is 0 Å². The van der Waals surface area contributed by atoms with Gasteiger partial charge in [0, 0.05) is 29.2 Å². The Morgan fingerprint density at radius 1 is 1.14 bits per heavy atom. The second-order valence-electron chi connectivity index (χ2n) is 6.49. The lowest BCUT2D eigenvalue weighted by molar-refractivity contribution is 0.102. The van der Waals surface area contributed by atoms with Gasteiger partial charge in [-0.2, -0.15) is 5.10 Å². The van der Waals surface area contributed by atoms with E-state index in [0.717, 1.165) is 17.0 Å². The van der Waals surface area contributed by atoms with Crippen LogP contribution in [0.4, 0.5) is 5.69 Å². The number of nitrogens with zero attached hydrogens (tertiary/aromatic N) is 3. The van der Waals surface area contributed by atoms with E-state index in [0.29, 0.717) is 29.4 Å². The summed E-state index contributed by atoms with van der Waals surface area (Å²) in [5.41, 5.74) is 2.92. The highest BCUT2D eigenvalue weighted by Crippen LogP contribution is 2.24. The summed E-state index contributed by atoms with van der Waals surface area (Å²) < 4.78 is 12.7. The molecule has 2 aromatic carbocycles. The number of rotatable bonds is 6. The van der Waals surface area contributed by atoms with E-state index >= 15 is 0 Å². The first kappa shape index (κ1) is 18.5. The Kier molecular flexibility index (Phi) is 5.11. The van der Waals surface area contributed by atoms with Crippen molar-refractivity contribution in [1.82, 2.24) is 14.8 Å². The Morgan fingerprint density at radius 3 is 2.55 bits per heavy atom. The van der Waals surface area contributed by atoms with E-state index in [1.165, 1.54) is 0 Å². The number of hydrogen-bond acceptors (Lipinski definition) is 5. The lowest BCUT2D eigenvalue weighted by Crippen LogP contribution is -2.11. The van der Waals surface area contributed by atoms with Crippen molar-refractivity contribution in [3.63, 3.8) is 0 Å². The van der Waals surface area contributed by atoms with E-state index in [1.807, 2.05) is 43.5 Å². The maximum Gasteiger partial charge on any atom is 0.255 e. The number of nitrogens with one attached hydrogen (secondary N) is 1. The van der Waals surface area contributed by atoms with Crippen LogP contribution in [0.15, 0.2) is 71.4 Å². The second-order valence-corrected chi connectivity index (χ2v) is 6.49. The van der Waals surface area contributed by atoms with E-state index in [9.17, 15) is 4.79 Å². The third-order valence-electron chi connectivity index (χ3n) is 4.51. The zero-order chi connectivity index (χ0) is 20.2. The van der Waals surface area contributed by atoms with Gasteiger partial charge in [-0.3, -0.25) is 9.48 Å². The summed E-state index contributed by atoms with van der Waals surface area (Å²) in [6.07, 6.45) is 3.61. The molecule has 2 heterocycles. The summed E-state index contributed by atoms with van der Waals surface area (Å²) in [5.74, 6) is 1.82. The van der Waals surface area contributed by atoms with Gasteiger partial charge in [-0.15, -0.1) is 0 Å². The van der Waals surface area contributed by atoms with E-state index < -0.39 is 0 Å². The SMILES string of the molecule is COc1ccc(C(=O)Nc2ccc(-c3nc(Cn4cccn4)c(C)o3)cc2)cc1. The molecule has 146 valence electrons. The van der Waals surface area contributed by atoms with Gasteiger partial charge in [-0.1, -0.05) is 0 Å². The molecule has 0 radical (unpaired) electrons. The van der Waals surface area contributed by atoms with Crippen LogP contribution >= 0.6 is 0 Å². The van der Waals surface area contributed by atoms with Crippen molar-refractivity contribution in [3.8, 4) is 17.2 Å². The predicted molar refractivity (Wildman–Crippen MR) is 109 cm³/mol. The summed E-state index contributed by atoms with van der Waals surface area (Å²) in [6.45, 7) is 2.44. The van der Waals surface area contributed by atoms with Crippen molar-refractivity contribution in [3.05, 3.63) is 84.0 Å². The van der Waals surface area contributed by atoms with Crippen LogP contribution in [-0.4, -0.2) is 27.8 Å². The van der Waals surface area contributed by atoms with Crippen LogP contribution in [-0.2, 0) is 6.54 Å². The molecule has 0 atom stereocenters. The van der Waals surface area contributed by atoms with Gasteiger partial charge in [-0.05, 0) is 61.5 Å². The predicted octanol–water partition coefficient (Wildman–Crippen LogP) is 4.16. The average molecular weight is 388 g/mol. The molecule has 0 aliphatic rings. The number of anilines is 1. The highest BCUT2D eigenvalue weighted by atomic mass is 16.5.